The number of allylic oxidation sites excluding steroid dienone is 1. The standard InChI is InChI=1S/C13H26N4/c1-10(2)4-5-11(3)16-17-12-6-8-13(14,15)9-7-12/h6-8,10-11,16-17H,4-5,9,14-15H2,1-3H3. The second-order valence-electron chi connectivity index (χ2n) is 5.45. The van der Waals surface area contributed by atoms with Crippen LogP contribution in [-0.4, -0.2) is 11.7 Å². The first-order chi connectivity index (χ1) is 7.89. The summed E-state index contributed by atoms with van der Waals surface area (Å²) in [6.07, 6.45) is 8.83. The van der Waals surface area contributed by atoms with Gasteiger partial charge in [-0.2, -0.15) is 0 Å². The van der Waals surface area contributed by atoms with Crippen LogP contribution in [0.3, 0.4) is 0 Å². The van der Waals surface area contributed by atoms with Crippen molar-refractivity contribution >= 4 is 0 Å². The van der Waals surface area contributed by atoms with E-state index in [1.165, 1.54) is 12.8 Å². The molecule has 98 valence electrons. The molecule has 0 fully saturated rings. The van der Waals surface area contributed by atoms with Crippen molar-refractivity contribution in [1.82, 2.24) is 10.9 Å². The number of rotatable bonds is 6. The highest BCUT2D eigenvalue weighted by atomic mass is 15.4. The molecule has 0 bridgehead atoms. The summed E-state index contributed by atoms with van der Waals surface area (Å²) in [5.74, 6) is 0.753. The minimum atomic E-state index is -0.686. The van der Waals surface area contributed by atoms with E-state index in [1.807, 2.05) is 18.2 Å². The summed E-state index contributed by atoms with van der Waals surface area (Å²) < 4.78 is 0. The van der Waals surface area contributed by atoms with Crippen LogP contribution in [0.15, 0.2) is 23.9 Å². The maximum atomic E-state index is 5.78. The molecule has 0 amide bonds. The summed E-state index contributed by atoms with van der Waals surface area (Å²) in [7, 11) is 0. The van der Waals surface area contributed by atoms with Crippen LogP contribution in [0.5, 0.6) is 0 Å². The number of hydrogen-bond donors (Lipinski definition) is 4. The quantitative estimate of drug-likeness (QED) is 0.416. The van der Waals surface area contributed by atoms with Crippen molar-refractivity contribution in [1.29, 1.82) is 0 Å². The molecule has 0 radical (unpaired) electrons. The van der Waals surface area contributed by atoms with E-state index < -0.39 is 5.66 Å². The van der Waals surface area contributed by atoms with Gasteiger partial charge in [0.05, 0.1) is 5.66 Å². The highest BCUT2D eigenvalue weighted by molar-refractivity contribution is 5.26. The van der Waals surface area contributed by atoms with Gasteiger partial charge in [-0.1, -0.05) is 19.9 Å². The molecular formula is C13H26N4. The lowest BCUT2D eigenvalue weighted by molar-refractivity contribution is 0.422. The van der Waals surface area contributed by atoms with E-state index in [2.05, 4.69) is 31.6 Å². The summed E-state index contributed by atoms with van der Waals surface area (Å²) in [5.41, 5.74) is 18.4. The van der Waals surface area contributed by atoms with E-state index in [1.54, 1.807) is 0 Å². The Bertz CT molecular complexity index is 292. The summed E-state index contributed by atoms with van der Waals surface area (Å²) in [4.78, 5) is 0. The van der Waals surface area contributed by atoms with Gasteiger partial charge in [-0.3, -0.25) is 0 Å². The highest BCUT2D eigenvalue weighted by Gasteiger charge is 2.16. The fourth-order valence-electron chi connectivity index (χ4n) is 1.62. The Balaban J connectivity index is 2.23. The number of hydrazine groups is 1. The zero-order valence-electron chi connectivity index (χ0n) is 11.2. The molecule has 0 aliphatic heterocycles. The number of nitrogens with two attached hydrogens (primary N) is 2. The van der Waals surface area contributed by atoms with Crippen molar-refractivity contribution in [3.8, 4) is 0 Å². The minimum Gasteiger partial charge on any atom is -0.322 e. The molecule has 0 saturated heterocycles. The molecule has 6 N–H and O–H groups in total. The fraction of sp³-hybridized carbons (Fsp3) is 0.692. The van der Waals surface area contributed by atoms with Crippen molar-refractivity contribution in [3.05, 3.63) is 23.9 Å². The van der Waals surface area contributed by atoms with Crippen molar-refractivity contribution in [2.45, 2.75) is 51.7 Å². The molecule has 0 spiro atoms. The third-order valence-corrected chi connectivity index (χ3v) is 2.89. The predicted octanol–water partition coefficient (Wildman–Crippen LogP) is 1.36. The first kappa shape index (κ1) is 14.2. The predicted molar refractivity (Wildman–Crippen MR) is 72.8 cm³/mol. The first-order valence-electron chi connectivity index (χ1n) is 6.38. The summed E-state index contributed by atoms with van der Waals surface area (Å²) in [5, 5.41) is 0. The molecular weight excluding hydrogens is 212 g/mol. The third-order valence-electron chi connectivity index (χ3n) is 2.89. The van der Waals surface area contributed by atoms with Gasteiger partial charge in [0.1, 0.15) is 0 Å². The summed E-state index contributed by atoms with van der Waals surface area (Å²) in [6, 6.07) is 0.453. The smallest absolute Gasteiger partial charge is 0.0868 e. The molecule has 0 aromatic carbocycles. The number of nitrogens with one attached hydrogen (secondary N) is 2. The molecule has 0 heterocycles. The van der Waals surface area contributed by atoms with Gasteiger partial charge in [0.25, 0.3) is 0 Å². The summed E-state index contributed by atoms with van der Waals surface area (Å²) in [6.45, 7) is 6.67. The van der Waals surface area contributed by atoms with Crippen LogP contribution < -0.4 is 22.3 Å². The molecule has 1 unspecified atom stereocenters. The first-order valence-corrected chi connectivity index (χ1v) is 6.38. The SMILES string of the molecule is CC(C)CCC(C)NNC1=CCC(N)(N)C=C1. The van der Waals surface area contributed by atoms with Gasteiger partial charge in [0.15, 0.2) is 0 Å². The van der Waals surface area contributed by atoms with Crippen molar-refractivity contribution in [3.63, 3.8) is 0 Å². The minimum absolute atomic E-state index is 0.453. The number of hydrogen-bond acceptors (Lipinski definition) is 4. The van der Waals surface area contributed by atoms with Crippen LogP contribution in [0, 0.1) is 5.92 Å². The van der Waals surface area contributed by atoms with Crippen LogP contribution in [0.25, 0.3) is 0 Å². The van der Waals surface area contributed by atoms with E-state index >= 15 is 0 Å². The fourth-order valence-corrected chi connectivity index (χ4v) is 1.62. The Morgan fingerprint density at radius 1 is 1.29 bits per heavy atom. The van der Waals surface area contributed by atoms with Crippen LogP contribution in [-0.2, 0) is 0 Å². The van der Waals surface area contributed by atoms with E-state index in [0.717, 1.165) is 11.6 Å². The van der Waals surface area contributed by atoms with Crippen LogP contribution in [0.2, 0.25) is 0 Å². The van der Waals surface area contributed by atoms with Crippen molar-refractivity contribution in [2.24, 2.45) is 17.4 Å². The Labute approximate surface area is 104 Å². The normalized spacial score (nSPS) is 20.2. The molecule has 4 nitrogen and oxygen atoms in total. The monoisotopic (exact) mass is 238 g/mol. The lowest BCUT2D eigenvalue weighted by Gasteiger charge is -2.24. The molecule has 4 heteroatoms. The van der Waals surface area contributed by atoms with E-state index in [4.69, 9.17) is 11.5 Å². The lowest BCUT2D eigenvalue weighted by atomic mass is 10.0. The second kappa shape index (κ2) is 6.19. The van der Waals surface area contributed by atoms with Crippen molar-refractivity contribution < 1.29 is 0 Å². The van der Waals surface area contributed by atoms with Crippen molar-refractivity contribution in [2.75, 3.05) is 0 Å². The van der Waals surface area contributed by atoms with E-state index in [0.29, 0.717) is 12.5 Å². The molecule has 1 atom stereocenters. The second-order valence-corrected chi connectivity index (χ2v) is 5.45. The zero-order valence-corrected chi connectivity index (χ0v) is 11.2. The molecule has 1 rings (SSSR count). The molecule has 17 heavy (non-hydrogen) atoms. The lowest BCUT2D eigenvalue weighted by Crippen LogP contribution is -2.48. The van der Waals surface area contributed by atoms with E-state index in [-0.39, 0.29) is 0 Å². The van der Waals surface area contributed by atoms with Gasteiger partial charge < -0.3 is 16.9 Å². The van der Waals surface area contributed by atoms with Gasteiger partial charge >= 0.3 is 0 Å². The highest BCUT2D eigenvalue weighted by Crippen LogP contribution is 2.11. The van der Waals surface area contributed by atoms with Gasteiger partial charge in [-0.25, -0.2) is 5.43 Å². The molecule has 0 saturated carbocycles. The Kier molecular flexibility index (Phi) is 5.18. The molecule has 0 aromatic heterocycles. The maximum absolute atomic E-state index is 5.78. The van der Waals surface area contributed by atoms with Crippen LogP contribution in [0.4, 0.5) is 0 Å². The largest absolute Gasteiger partial charge is 0.322 e. The van der Waals surface area contributed by atoms with Gasteiger partial charge in [0.2, 0.25) is 0 Å². The zero-order chi connectivity index (χ0) is 12.9. The van der Waals surface area contributed by atoms with E-state index in [9.17, 15) is 0 Å². The Morgan fingerprint density at radius 2 is 2.00 bits per heavy atom. The molecule has 0 aromatic rings. The van der Waals surface area contributed by atoms with Gasteiger partial charge in [-0.15, -0.1) is 0 Å². The average Bonchev–Trinajstić information content (AvgIpc) is 2.25. The average molecular weight is 238 g/mol. The van der Waals surface area contributed by atoms with Gasteiger partial charge in [0, 0.05) is 18.2 Å². The Morgan fingerprint density at radius 3 is 2.53 bits per heavy atom. The Hall–Kier alpha value is -0.840. The van der Waals surface area contributed by atoms with Gasteiger partial charge in [-0.05, 0) is 37.8 Å². The molecule has 1 aliphatic rings. The third kappa shape index (κ3) is 5.86. The summed E-state index contributed by atoms with van der Waals surface area (Å²) >= 11 is 0. The molecule has 1 aliphatic carbocycles. The van der Waals surface area contributed by atoms with Crippen LogP contribution in [0.1, 0.15) is 40.0 Å². The van der Waals surface area contributed by atoms with Crippen LogP contribution >= 0.6 is 0 Å². The maximum Gasteiger partial charge on any atom is 0.0868 e. The topological polar surface area (TPSA) is 76.1 Å².